The van der Waals surface area contributed by atoms with Crippen LogP contribution in [0.3, 0.4) is 0 Å². The summed E-state index contributed by atoms with van der Waals surface area (Å²) in [7, 11) is 0. The Labute approximate surface area is 159 Å². The SMILES string of the molecule is ClC(Cl)(Cl)c1ccnc(N2CCN(CCSc3ncn[nH]3)CC2)n1. The predicted octanol–water partition coefficient (Wildman–Crippen LogP) is 2.34. The van der Waals surface area contributed by atoms with Gasteiger partial charge in [0.15, 0.2) is 5.16 Å². The average molecular weight is 409 g/mol. The molecule has 1 saturated heterocycles. The summed E-state index contributed by atoms with van der Waals surface area (Å²) in [6, 6.07) is 1.62. The number of aromatic nitrogens is 5. The molecule has 0 spiro atoms. The van der Waals surface area contributed by atoms with E-state index >= 15 is 0 Å². The van der Waals surface area contributed by atoms with Crippen LogP contribution in [-0.2, 0) is 3.79 Å². The lowest BCUT2D eigenvalue weighted by atomic mass is 10.3. The van der Waals surface area contributed by atoms with Gasteiger partial charge < -0.3 is 4.90 Å². The van der Waals surface area contributed by atoms with Gasteiger partial charge in [0.25, 0.3) is 0 Å². The van der Waals surface area contributed by atoms with E-state index in [-0.39, 0.29) is 0 Å². The van der Waals surface area contributed by atoms with Crippen molar-refractivity contribution in [3.63, 3.8) is 0 Å². The molecule has 1 aliphatic rings. The quantitative estimate of drug-likeness (QED) is 0.601. The largest absolute Gasteiger partial charge is 0.338 e. The van der Waals surface area contributed by atoms with E-state index in [1.54, 1.807) is 24.0 Å². The van der Waals surface area contributed by atoms with Gasteiger partial charge in [-0.15, -0.1) is 0 Å². The van der Waals surface area contributed by atoms with Crippen LogP contribution in [0.1, 0.15) is 5.69 Å². The summed E-state index contributed by atoms with van der Waals surface area (Å²) in [5.74, 6) is 1.57. The van der Waals surface area contributed by atoms with Gasteiger partial charge in [0.05, 0.1) is 5.69 Å². The van der Waals surface area contributed by atoms with Gasteiger partial charge in [0.2, 0.25) is 9.74 Å². The predicted molar refractivity (Wildman–Crippen MR) is 97.0 cm³/mol. The van der Waals surface area contributed by atoms with Gasteiger partial charge in [-0.05, 0) is 6.07 Å². The Balaban J connectivity index is 1.48. The Morgan fingerprint density at radius 3 is 2.62 bits per heavy atom. The van der Waals surface area contributed by atoms with Gasteiger partial charge in [-0.25, -0.2) is 15.0 Å². The van der Waals surface area contributed by atoms with Crippen LogP contribution in [0.15, 0.2) is 23.7 Å². The van der Waals surface area contributed by atoms with Crippen molar-refractivity contribution in [3.8, 4) is 0 Å². The highest BCUT2D eigenvalue weighted by molar-refractivity contribution is 7.99. The molecule has 0 aromatic carbocycles. The van der Waals surface area contributed by atoms with E-state index in [0.29, 0.717) is 11.6 Å². The summed E-state index contributed by atoms with van der Waals surface area (Å²) in [4.78, 5) is 17.3. The van der Waals surface area contributed by atoms with E-state index in [1.165, 1.54) is 6.33 Å². The number of nitrogens with zero attached hydrogens (tertiary/aromatic N) is 6. The van der Waals surface area contributed by atoms with Crippen LogP contribution in [0.2, 0.25) is 0 Å². The second-order valence-electron chi connectivity index (χ2n) is 5.21. The standard InChI is InChI=1S/C13H16Cl3N7S/c14-13(15,16)10-1-2-17-11(20-10)23-5-3-22(4-6-23)7-8-24-12-18-9-19-21-12/h1-2,9H,3-8H2,(H,18,19,21). The van der Waals surface area contributed by atoms with E-state index in [9.17, 15) is 0 Å². The number of rotatable bonds is 5. The molecule has 3 rings (SSSR count). The van der Waals surface area contributed by atoms with Crippen molar-refractivity contribution in [1.82, 2.24) is 30.0 Å². The Bertz CT molecular complexity index is 641. The first-order valence-electron chi connectivity index (χ1n) is 7.38. The zero-order chi connectivity index (χ0) is 17.0. The van der Waals surface area contributed by atoms with Crippen LogP contribution in [0.4, 0.5) is 5.95 Å². The Morgan fingerprint density at radius 1 is 1.17 bits per heavy atom. The number of thioether (sulfide) groups is 1. The Morgan fingerprint density at radius 2 is 1.96 bits per heavy atom. The van der Waals surface area contributed by atoms with Crippen molar-refractivity contribution in [2.24, 2.45) is 0 Å². The summed E-state index contributed by atoms with van der Waals surface area (Å²) in [5, 5.41) is 7.54. The molecule has 0 amide bonds. The lowest BCUT2D eigenvalue weighted by molar-refractivity contribution is 0.272. The molecule has 0 aliphatic carbocycles. The molecule has 7 nitrogen and oxygen atoms in total. The summed E-state index contributed by atoms with van der Waals surface area (Å²) in [6.07, 6.45) is 3.15. The maximum atomic E-state index is 5.89. The second-order valence-corrected chi connectivity index (χ2v) is 8.57. The molecule has 130 valence electrons. The smallest absolute Gasteiger partial charge is 0.232 e. The molecule has 24 heavy (non-hydrogen) atoms. The van der Waals surface area contributed by atoms with Crippen LogP contribution in [-0.4, -0.2) is 68.5 Å². The maximum absolute atomic E-state index is 5.89. The van der Waals surface area contributed by atoms with Crippen molar-refractivity contribution < 1.29 is 0 Å². The van der Waals surface area contributed by atoms with Crippen molar-refractivity contribution in [1.29, 1.82) is 0 Å². The van der Waals surface area contributed by atoms with Gasteiger partial charge in [-0.3, -0.25) is 10.00 Å². The highest BCUT2D eigenvalue weighted by Crippen LogP contribution is 2.37. The zero-order valence-electron chi connectivity index (χ0n) is 12.7. The number of hydrogen-bond acceptors (Lipinski definition) is 7. The third kappa shape index (κ3) is 4.86. The van der Waals surface area contributed by atoms with Gasteiger partial charge in [-0.2, -0.15) is 5.10 Å². The topological polar surface area (TPSA) is 73.8 Å². The van der Waals surface area contributed by atoms with E-state index in [2.05, 4.69) is 34.9 Å². The molecule has 1 N–H and O–H groups in total. The second kappa shape index (κ2) is 8.05. The number of piperazine rings is 1. The molecule has 11 heteroatoms. The molecule has 0 unspecified atom stereocenters. The van der Waals surface area contributed by atoms with Gasteiger partial charge in [0.1, 0.15) is 6.33 Å². The fourth-order valence-electron chi connectivity index (χ4n) is 2.37. The molecule has 0 bridgehead atoms. The van der Waals surface area contributed by atoms with Crippen LogP contribution >= 0.6 is 46.6 Å². The van der Waals surface area contributed by atoms with Crippen molar-refractivity contribution in [2.45, 2.75) is 8.95 Å². The number of hydrogen-bond donors (Lipinski definition) is 1. The molecular formula is C13H16Cl3N7S. The minimum absolute atomic E-state index is 0.392. The third-order valence-electron chi connectivity index (χ3n) is 3.63. The molecule has 0 atom stereocenters. The van der Waals surface area contributed by atoms with Gasteiger partial charge in [0, 0.05) is 44.7 Å². The van der Waals surface area contributed by atoms with E-state index < -0.39 is 3.79 Å². The van der Waals surface area contributed by atoms with Gasteiger partial charge >= 0.3 is 0 Å². The fourth-order valence-corrected chi connectivity index (χ4v) is 3.46. The number of aromatic amines is 1. The monoisotopic (exact) mass is 407 g/mol. The van der Waals surface area contributed by atoms with Crippen molar-refractivity contribution in [2.75, 3.05) is 43.4 Å². The Kier molecular flexibility index (Phi) is 6.04. The highest BCUT2D eigenvalue weighted by atomic mass is 35.6. The third-order valence-corrected chi connectivity index (χ3v) is 5.07. The molecule has 2 aromatic rings. The number of halogens is 3. The normalized spacial score (nSPS) is 16.5. The number of H-pyrrole nitrogens is 1. The van der Waals surface area contributed by atoms with Crippen LogP contribution in [0.5, 0.6) is 0 Å². The lowest BCUT2D eigenvalue weighted by Crippen LogP contribution is -2.47. The molecule has 1 fully saturated rings. The van der Waals surface area contributed by atoms with Gasteiger partial charge in [-0.1, -0.05) is 46.6 Å². The molecule has 3 heterocycles. The summed E-state index contributed by atoms with van der Waals surface area (Å²) in [5.41, 5.74) is 0.392. The molecule has 0 radical (unpaired) electrons. The van der Waals surface area contributed by atoms with E-state index in [1.807, 2.05) is 0 Å². The zero-order valence-corrected chi connectivity index (χ0v) is 15.8. The van der Waals surface area contributed by atoms with Crippen LogP contribution in [0, 0.1) is 0 Å². The summed E-state index contributed by atoms with van der Waals surface area (Å²) in [6.45, 7) is 4.57. The average Bonchev–Trinajstić information content (AvgIpc) is 3.08. The minimum Gasteiger partial charge on any atom is -0.338 e. The van der Waals surface area contributed by atoms with E-state index in [0.717, 1.165) is 43.6 Å². The minimum atomic E-state index is -1.53. The maximum Gasteiger partial charge on any atom is 0.232 e. The molecular weight excluding hydrogens is 393 g/mol. The van der Waals surface area contributed by atoms with Crippen LogP contribution < -0.4 is 4.90 Å². The van der Waals surface area contributed by atoms with Crippen LogP contribution in [0.25, 0.3) is 0 Å². The molecule has 1 aliphatic heterocycles. The first-order valence-corrected chi connectivity index (χ1v) is 9.50. The molecule has 2 aromatic heterocycles. The van der Waals surface area contributed by atoms with Crippen molar-refractivity contribution >= 4 is 52.5 Å². The Hall–Kier alpha value is -0.800. The summed E-state index contributed by atoms with van der Waals surface area (Å²) >= 11 is 19.3. The first kappa shape index (κ1) is 18.0. The summed E-state index contributed by atoms with van der Waals surface area (Å²) < 4.78 is -1.53. The highest BCUT2D eigenvalue weighted by Gasteiger charge is 2.26. The first-order chi connectivity index (χ1) is 11.5. The lowest BCUT2D eigenvalue weighted by Gasteiger charge is -2.34. The van der Waals surface area contributed by atoms with E-state index in [4.69, 9.17) is 34.8 Å². The number of nitrogens with one attached hydrogen (secondary N) is 1. The number of alkyl halides is 3. The molecule has 0 saturated carbocycles. The fraction of sp³-hybridized carbons (Fsp3) is 0.538. The van der Waals surface area contributed by atoms with Crippen molar-refractivity contribution in [3.05, 3.63) is 24.3 Å². The number of anilines is 1.